The van der Waals surface area contributed by atoms with Crippen LogP contribution in [0.1, 0.15) is 12.5 Å². The van der Waals surface area contributed by atoms with Gasteiger partial charge in [-0.2, -0.15) is 13.2 Å². The van der Waals surface area contributed by atoms with Gasteiger partial charge in [0.1, 0.15) is 0 Å². The highest BCUT2D eigenvalue weighted by molar-refractivity contribution is 6.31. The minimum absolute atomic E-state index is 0.181. The molecule has 1 aliphatic heterocycles. The molecule has 1 atom stereocenters. The molecule has 2 nitrogen and oxygen atoms in total. The third-order valence-electron chi connectivity index (χ3n) is 3.42. The van der Waals surface area contributed by atoms with E-state index in [0.717, 1.165) is 25.7 Å². The standard InChI is InChI=1S/C13H16ClF3N2/c1-9-8-18(2)5-6-19(9)10-3-4-12(14)11(7-10)13(15,16)17/h3-4,7,9H,5-6,8H2,1-2H3. The van der Waals surface area contributed by atoms with Crippen LogP contribution in [-0.2, 0) is 6.18 Å². The highest BCUT2D eigenvalue weighted by Crippen LogP contribution is 2.37. The van der Waals surface area contributed by atoms with Crippen molar-refractivity contribution in [2.45, 2.75) is 19.1 Å². The van der Waals surface area contributed by atoms with E-state index in [1.54, 1.807) is 6.07 Å². The van der Waals surface area contributed by atoms with E-state index in [9.17, 15) is 13.2 Å². The first-order valence-electron chi connectivity index (χ1n) is 6.11. The van der Waals surface area contributed by atoms with Gasteiger partial charge in [-0.1, -0.05) is 11.6 Å². The number of piperazine rings is 1. The zero-order chi connectivity index (χ0) is 14.2. The molecular weight excluding hydrogens is 277 g/mol. The fourth-order valence-electron chi connectivity index (χ4n) is 2.43. The smallest absolute Gasteiger partial charge is 0.366 e. The molecular formula is C13H16ClF3N2. The van der Waals surface area contributed by atoms with Crippen molar-refractivity contribution in [3.63, 3.8) is 0 Å². The average molecular weight is 293 g/mol. The second-order valence-corrected chi connectivity index (χ2v) is 5.37. The number of hydrogen-bond donors (Lipinski definition) is 0. The molecule has 0 saturated carbocycles. The lowest BCUT2D eigenvalue weighted by Crippen LogP contribution is -2.50. The van der Waals surface area contributed by atoms with Crippen LogP contribution in [0.2, 0.25) is 5.02 Å². The molecule has 0 radical (unpaired) electrons. The fourth-order valence-corrected chi connectivity index (χ4v) is 2.66. The lowest BCUT2D eigenvalue weighted by molar-refractivity contribution is -0.137. The number of alkyl halides is 3. The van der Waals surface area contributed by atoms with Gasteiger partial charge in [-0.3, -0.25) is 0 Å². The van der Waals surface area contributed by atoms with Crippen LogP contribution in [0.25, 0.3) is 0 Å². The maximum Gasteiger partial charge on any atom is 0.417 e. The fraction of sp³-hybridized carbons (Fsp3) is 0.538. The third-order valence-corrected chi connectivity index (χ3v) is 3.75. The van der Waals surface area contributed by atoms with Crippen LogP contribution in [0.3, 0.4) is 0 Å². The van der Waals surface area contributed by atoms with Crippen molar-refractivity contribution >= 4 is 17.3 Å². The molecule has 1 aromatic carbocycles. The van der Waals surface area contributed by atoms with E-state index in [0.29, 0.717) is 5.69 Å². The van der Waals surface area contributed by atoms with Gasteiger partial charge >= 0.3 is 6.18 Å². The van der Waals surface area contributed by atoms with Gasteiger partial charge < -0.3 is 9.80 Å². The van der Waals surface area contributed by atoms with Crippen molar-refractivity contribution < 1.29 is 13.2 Å². The van der Waals surface area contributed by atoms with Crippen molar-refractivity contribution in [3.8, 4) is 0 Å². The minimum atomic E-state index is -4.41. The van der Waals surface area contributed by atoms with Gasteiger partial charge in [-0.05, 0) is 32.2 Å². The van der Waals surface area contributed by atoms with E-state index < -0.39 is 11.7 Å². The second-order valence-electron chi connectivity index (χ2n) is 4.97. The molecule has 2 rings (SSSR count). The summed E-state index contributed by atoms with van der Waals surface area (Å²) in [6, 6.07) is 4.30. The summed E-state index contributed by atoms with van der Waals surface area (Å²) in [5.74, 6) is 0. The van der Waals surface area contributed by atoms with Crippen molar-refractivity contribution in [3.05, 3.63) is 28.8 Å². The normalized spacial score (nSPS) is 21.8. The molecule has 19 heavy (non-hydrogen) atoms. The van der Waals surface area contributed by atoms with E-state index >= 15 is 0 Å². The molecule has 1 saturated heterocycles. The lowest BCUT2D eigenvalue weighted by atomic mass is 10.1. The molecule has 0 spiro atoms. The van der Waals surface area contributed by atoms with E-state index in [-0.39, 0.29) is 11.1 Å². The van der Waals surface area contributed by atoms with Crippen molar-refractivity contribution in [1.29, 1.82) is 0 Å². The zero-order valence-corrected chi connectivity index (χ0v) is 11.6. The van der Waals surface area contributed by atoms with Crippen LogP contribution in [0.15, 0.2) is 18.2 Å². The Labute approximate surface area is 115 Å². The van der Waals surface area contributed by atoms with Gasteiger partial charge in [0.05, 0.1) is 10.6 Å². The van der Waals surface area contributed by atoms with Crippen LogP contribution < -0.4 is 4.90 Å². The van der Waals surface area contributed by atoms with E-state index in [1.165, 1.54) is 6.07 Å². The molecule has 1 aliphatic rings. The first-order valence-corrected chi connectivity index (χ1v) is 6.49. The van der Waals surface area contributed by atoms with Crippen molar-refractivity contribution in [2.75, 3.05) is 31.6 Å². The number of benzene rings is 1. The molecule has 106 valence electrons. The highest BCUT2D eigenvalue weighted by Gasteiger charge is 2.34. The van der Waals surface area contributed by atoms with Crippen molar-refractivity contribution in [1.82, 2.24) is 4.90 Å². The first-order chi connectivity index (χ1) is 8.79. The summed E-state index contributed by atoms with van der Waals surface area (Å²) in [6.45, 7) is 4.41. The van der Waals surface area contributed by atoms with Crippen molar-refractivity contribution in [2.24, 2.45) is 0 Å². The molecule has 0 bridgehead atoms. The second kappa shape index (κ2) is 5.21. The van der Waals surface area contributed by atoms with Gasteiger partial charge in [0.2, 0.25) is 0 Å². The van der Waals surface area contributed by atoms with Gasteiger partial charge in [0, 0.05) is 31.4 Å². The molecule has 1 unspecified atom stereocenters. The minimum Gasteiger partial charge on any atom is -0.366 e. The van der Waals surface area contributed by atoms with Crippen LogP contribution in [0.5, 0.6) is 0 Å². The Bertz CT molecular complexity index is 462. The molecule has 1 aromatic rings. The molecule has 1 heterocycles. The summed E-state index contributed by atoms with van der Waals surface area (Å²) in [5.41, 5.74) is -0.185. The Balaban J connectivity index is 2.31. The molecule has 0 amide bonds. The molecule has 0 aromatic heterocycles. The van der Waals surface area contributed by atoms with Gasteiger partial charge in [-0.25, -0.2) is 0 Å². The first kappa shape index (κ1) is 14.5. The van der Waals surface area contributed by atoms with Crippen LogP contribution in [0, 0.1) is 0 Å². The quantitative estimate of drug-likeness (QED) is 0.782. The Kier molecular flexibility index (Phi) is 3.97. The zero-order valence-electron chi connectivity index (χ0n) is 10.8. The van der Waals surface area contributed by atoms with E-state index in [4.69, 9.17) is 11.6 Å². The Morgan fingerprint density at radius 1 is 1.26 bits per heavy atom. The predicted molar refractivity (Wildman–Crippen MR) is 70.8 cm³/mol. The third kappa shape index (κ3) is 3.15. The largest absolute Gasteiger partial charge is 0.417 e. The Morgan fingerprint density at radius 2 is 1.95 bits per heavy atom. The summed E-state index contributed by atoms with van der Waals surface area (Å²) in [5, 5.41) is -0.252. The van der Waals surface area contributed by atoms with Crippen LogP contribution in [0.4, 0.5) is 18.9 Å². The topological polar surface area (TPSA) is 6.48 Å². The van der Waals surface area contributed by atoms with E-state index in [2.05, 4.69) is 4.90 Å². The van der Waals surface area contributed by atoms with E-state index in [1.807, 2.05) is 18.9 Å². The average Bonchev–Trinajstić information content (AvgIpc) is 2.29. The van der Waals surface area contributed by atoms with Gasteiger partial charge in [0.15, 0.2) is 0 Å². The Hall–Kier alpha value is -0.940. The van der Waals surface area contributed by atoms with Crippen LogP contribution >= 0.6 is 11.6 Å². The molecule has 0 N–H and O–H groups in total. The molecule has 6 heteroatoms. The number of likely N-dealkylation sites (N-methyl/N-ethyl adjacent to an activating group) is 1. The number of hydrogen-bond acceptors (Lipinski definition) is 2. The summed E-state index contributed by atoms with van der Waals surface area (Å²) in [4.78, 5) is 4.16. The van der Waals surface area contributed by atoms with Crippen LogP contribution in [-0.4, -0.2) is 37.6 Å². The summed E-state index contributed by atoms with van der Waals surface area (Å²) >= 11 is 5.63. The summed E-state index contributed by atoms with van der Waals surface area (Å²) < 4.78 is 38.5. The van der Waals surface area contributed by atoms with Gasteiger partial charge in [-0.15, -0.1) is 0 Å². The number of halogens is 4. The lowest BCUT2D eigenvalue weighted by Gasteiger charge is -2.40. The predicted octanol–water partition coefficient (Wildman–Crippen LogP) is 3.50. The highest BCUT2D eigenvalue weighted by atomic mass is 35.5. The van der Waals surface area contributed by atoms with Gasteiger partial charge in [0.25, 0.3) is 0 Å². The Morgan fingerprint density at radius 3 is 2.53 bits per heavy atom. The monoisotopic (exact) mass is 292 g/mol. The molecule has 1 fully saturated rings. The number of anilines is 1. The summed E-state index contributed by atoms with van der Waals surface area (Å²) in [7, 11) is 2.01. The maximum absolute atomic E-state index is 12.8. The SMILES string of the molecule is CC1CN(C)CCN1c1ccc(Cl)c(C(F)(F)F)c1. The summed E-state index contributed by atoms with van der Waals surface area (Å²) in [6.07, 6.45) is -4.41. The maximum atomic E-state index is 12.8. The number of nitrogens with zero attached hydrogens (tertiary/aromatic N) is 2. The number of rotatable bonds is 1. The molecule has 0 aliphatic carbocycles.